The number of hydrogen-bond acceptors (Lipinski definition) is 4. The summed E-state index contributed by atoms with van der Waals surface area (Å²) in [4.78, 5) is 26.5. The fraction of sp³-hybridized carbons (Fsp3) is 0.111. The minimum Gasteiger partial charge on any atom is -0.493 e. The largest absolute Gasteiger partial charge is 0.493 e. The average Bonchev–Trinajstić information content (AvgIpc) is 2.83. The first-order chi connectivity index (χ1) is 12.0. The Morgan fingerprint density at radius 3 is 2.32 bits per heavy atom. The molecule has 2 aromatic rings. The lowest BCUT2D eigenvalue weighted by atomic mass is 10.1. The maximum absolute atomic E-state index is 12.9. The topological polar surface area (TPSA) is 55.8 Å². The van der Waals surface area contributed by atoms with Crippen LogP contribution in [0.4, 0.5) is 5.69 Å². The fourth-order valence-corrected chi connectivity index (χ4v) is 3.26. The van der Waals surface area contributed by atoms with Gasteiger partial charge in [0.25, 0.3) is 11.8 Å². The third-order valence-electron chi connectivity index (χ3n) is 3.77. The van der Waals surface area contributed by atoms with Crippen molar-refractivity contribution in [2.45, 2.75) is 0 Å². The van der Waals surface area contributed by atoms with E-state index in [0.29, 0.717) is 22.7 Å². The summed E-state index contributed by atoms with van der Waals surface area (Å²) in [5.74, 6) is -0.0865. The Morgan fingerprint density at radius 2 is 1.68 bits per heavy atom. The van der Waals surface area contributed by atoms with Gasteiger partial charge in [-0.1, -0.05) is 39.7 Å². The molecule has 2 aromatic carbocycles. The molecule has 5 nitrogen and oxygen atoms in total. The summed E-state index contributed by atoms with van der Waals surface area (Å²) in [6.07, 6.45) is 0. The van der Waals surface area contributed by atoms with Crippen molar-refractivity contribution in [3.63, 3.8) is 0 Å². The smallest absolute Gasteiger partial charge is 0.277 e. The Bertz CT molecular complexity index is 910. The number of methoxy groups -OCH3 is 2. The van der Waals surface area contributed by atoms with Gasteiger partial charge < -0.3 is 9.47 Å². The van der Waals surface area contributed by atoms with Gasteiger partial charge in [-0.2, -0.15) is 0 Å². The van der Waals surface area contributed by atoms with Gasteiger partial charge in [0.1, 0.15) is 5.03 Å². The van der Waals surface area contributed by atoms with Crippen molar-refractivity contribution < 1.29 is 19.1 Å². The number of benzene rings is 2. The molecule has 1 aliphatic rings. The van der Waals surface area contributed by atoms with Gasteiger partial charge >= 0.3 is 0 Å². The molecule has 0 fully saturated rings. The summed E-state index contributed by atoms with van der Waals surface area (Å²) in [6, 6.07) is 11.8. The maximum atomic E-state index is 12.9. The highest BCUT2D eigenvalue weighted by molar-refractivity contribution is 9.10. The molecule has 0 N–H and O–H groups in total. The number of imide groups is 1. The first-order valence-corrected chi connectivity index (χ1v) is 8.41. The van der Waals surface area contributed by atoms with Crippen LogP contribution in [0.2, 0.25) is 0 Å². The molecule has 0 atom stereocenters. The zero-order chi connectivity index (χ0) is 18.1. The van der Waals surface area contributed by atoms with E-state index in [-0.39, 0.29) is 10.6 Å². The van der Waals surface area contributed by atoms with Crippen molar-refractivity contribution in [1.82, 2.24) is 0 Å². The molecule has 0 saturated carbocycles. The van der Waals surface area contributed by atoms with Gasteiger partial charge in [-0.25, -0.2) is 4.90 Å². The van der Waals surface area contributed by atoms with Crippen molar-refractivity contribution >= 4 is 50.6 Å². The lowest BCUT2D eigenvalue weighted by Crippen LogP contribution is -2.31. The quantitative estimate of drug-likeness (QED) is 0.699. The van der Waals surface area contributed by atoms with Gasteiger partial charge in [0.05, 0.1) is 25.5 Å². The molecule has 1 heterocycles. The summed E-state index contributed by atoms with van der Waals surface area (Å²) in [6.45, 7) is 0. The highest BCUT2D eigenvalue weighted by atomic mass is 79.9. The SMILES string of the molecule is COc1ccc(C2=C(Cl)C(=O)N(c3cccc(Br)c3)C2=O)cc1OC. The van der Waals surface area contributed by atoms with E-state index in [9.17, 15) is 9.59 Å². The number of halogens is 2. The number of carbonyl (C=O) groups is 2. The van der Waals surface area contributed by atoms with Gasteiger partial charge in [-0.3, -0.25) is 9.59 Å². The van der Waals surface area contributed by atoms with E-state index in [4.69, 9.17) is 21.1 Å². The predicted octanol–water partition coefficient (Wildman–Crippen LogP) is 3.99. The number of carbonyl (C=O) groups excluding carboxylic acids is 2. The average molecular weight is 423 g/mol. The second-order valence-corrected chi connectivity index (χ2v) is 6.48. The lowest BCUT2D eigenvalue weighted by molar-refractivity contribution is -0.119. The maximum Gasteiger partial charge on any atom is 0.277 e. The molecule has 7 heteroatoms. The molecule has 0 unspecified atom stereocenters. The number of anilines is 1. The Labute approximate surface area is 157 Å². The minimum atomic E-state index is -0.561. The Balaban J connectivity index is 2.06. The lowest BCUT2D eigenvalue weighted by Gasteiger charge is -2.15. The monoisotopic (exact) mass is 421 g/mol. The van der Waals surface area contributed by atoms with E-state index in [1.807, 2.05) is 0 Å². The predicted molar refractivity (Wildman–Crippen MR) is 99.0 cm³/mol. The zero-order valence-electron chi connectivity index (χ0n) is 13.4. The van der Waals surface area contributed by atoms with Crippen LogP contribution in [0, 0.1) is 0 Å². The van der Waals surface area contributed by atoms with E-state index in [1.54, 1.807) is 42.5 Å². The second-order valence-electron chi connectivity index (χ2n) is 5.18. The van der Waals surface area contributed by atoms with Gasteiger partial charge in [0.15, 0.2) is 11.5 Å². The number of amides is 2. The van der Waals surface area contributed by atoms with Crippen molar-refractivity contribution in [1.29, 1.82) is 0 Å². The fourth-order valence-electron chi connectivity index (χ4n) is 2.59. The van der Waals surface area contributed by atoms with Crippen molar-refractivity contribution in [2.24, 2.45) is 0 Å². The first-order valence-electron chi connectivity index (χ1n) is 7.24. The summed E-state index contributed by atoms with van der Waals surface area (Å²) >= 11 is 9.53. The minimum absolute atomic E-state index is 0.128. The molecule has 0 bridgehead atoms. The van der Waals surface area contributed by atoms with Crippen LogP contribution in [0.15, 0.2) is 52.0 Å². The first kappa shape index (κ1) is 17.5. The van der Waals surface area contributed by atoms with Crippen LogP contribution in [0.25, 0.3) is 5.57 Å². The van der Waals surface area contributed by atoms with Crippen LogP contribution < -0.4 is 14.4 Å². The van der Waals surface area contributed by atoms with Crippen molar-refractivity contribution in [3.8, 4) is 11.5 Å². The molecule has 0 spiro atoms. The zero-order valence-corrected chi connectivity index (χ0v) is 15.7. The van der Waals surface area contributed by atoms with E-state index < -0.39 is 11.8 Å². The second kappa shape index (κ2) is 6.90. The normalized spacial score (nSPS) is 14.3. The number of rotatable bonds is 4. The van der Waals surface area contributed by atoms with E-state index in [0.717, 1.165) is 9.37 Å². The third kappa shape index (κ3) is 3.03. The van der Waals surface area contributed by atoms with Crippen LogP contribution in [-0.2, 0) is 9.59 Å². The van der Waals surface area contributed by atoms with Crippen LogP contribution in [0.1, 0.15) is 5.56 Å². The van der Waals surface area contributed by atoms with Gasteiger partial charge in [-0.05, 0) is 35.9 Å². The van der Waals surface area contributed by atoms with Gasteiger partial charge in [0, 0.05) is 4.47 Å². The van der Waals surface area contributed by atoms with E-state index in [1.165, 1.54) is 14.2 Å². The Kier molecular flexibility index (Phi) is 4.83. The molecule has 0 aliphatic carbocycles. The molecule has 128 valence electrons. The third-order valence-corrected chi connectivity index (χ3v) is 4.61. The Hall–Kier alpha value is -2.31. The molecule has 0 radical (unpaired) electrons. The molecule has 2 amide bonds. The molecule has 3 rings (SSSR count). The molecule has 25 heavy (non-hydrogen) atoms. The summed E-state index contributed by atoms with van der Waals surface area (Å²) in [5, 5.41) is -0.128. The summed E-state index contributed by atoms with van der Waals surface area (Å²) in [5.41, 5.74) is 1.06. The highest BCUT2D eigenvalue weighted by Gasteiger charge is 2.39. The van der Waals surface area contributed by atoms with Crippen LogP contribution in [-0.4, -0.2) is 26.0 Å². The summed E-state index contributed by atoms with van der Waals surface area (Å²) < 4.78 is 11.2. The van der Waals surface area contributed by atoms with Gasteiger partial charge in [0.2, 0.25) is 0 Å². The molecule has 0 aromatic heterocycles. The Morgan fingerprint density at radius 1 is 0.960 bits per heavy atom. The van der Waals surface area contributed by atoms with Crippen molar-refractivity contribution in [3.05, 3.63) is 57.5 Å². The number of nitrogens with zero attached hydrogens (tertiary/aromatic N) is 1. The van der Waals surface area contributed by atoms with Crippen molar-refractivity contribution in [2.75, 3.05) is 19.1 Å². The van der Waals surface area contributed by atoms with Crippen LogP contribution in [0.5, 0.6) is 11.5 Å². The summed E-state index contributed by atoms with van der Waals surface area (Å²) in [7, 11) is 3.01. The molecule has 0 saturated heterocycles. The van der Waals surface area contributed by atoms with Crippen LogP contribution >= 0.6 is 27.5 Å². The van der Waals surface area contributed by atoms with E-state index >= 15 is 0 Å². The highest BCUT2D eigenvalue weighted by Crippen LogP contribution is 2.38. The standard InChI is InChI=1S/C18H13BrClNO4/c1-24-13-7-6-10(8-14(13)25-2)15-16(20)18(23)21(17(15)22)12-5-3-4-11(19)9-12/h3-9H,1-2H3. The van der Waals surface area contributed by atoms with Gasteiger partial charge in [-0.15, -0.1) is 0 Å². The molecular weight excluding hydrogens is 410 g/mol. The molecular formula is C18H13BrClNO4. The van der Waals surface area contributed by atoms with Crippen LogP contribution in [0.3, 0.4) is 0 Å². The number of hydrogen-bond donors (Lipinski definition) is 0. The van der Waals surface area contributed by atoms with E-state index in [2.05, 4.69) is 15.9 Å². The number of ether oxygens (including phenoxy) is 2. The molecule has 1 aliphatic heterocycles.